The van der Waals surface area contributed by atoms with Crippen LogP contribution in [-0.4, -0.2) is 16.1 Å². The molecule has 10 heteroatoms. The average molecular weight is 558 g/mol. The molecule has 0 radical (unpaired) electrons. The first-order chi connectivity index (χ1) is 16.0. The van der Waals surface area contributed by atoms with Crippen molar-refractivity contribution < 1.29 is 9.59 Å². The SMILES string of the molecule is Cc1ccc(NC(=O)c2cc(NC(=O)[C@@H]3[C@@H](c4cc(Cl)cc(Cl)c4)C3(Cl)Cl)ccc2Cl)cc1N. The molecule has 4 N–H and O–H groups in total. The molecule has 176 valence electrons. The Hall–Kier alpha value is -2.15. The Balaban J connectivity index is 1.51. The zero-order valence-corrected chi connectivity index (χ0v) is 21.4. The standard InChI is InChI=1S/C24H18Cl5N3O2/c1-11-2-3-16(10-19(11)30)31-22(33)17-9-15(4-5-18(17)27)32-23(34)21-20(24(21,28)29)12-6-13(25)8-14(26)7-12/h2-10,20-21H,30H2,1H3,(H,31,33)(H,32,34)/t20-,21+/m1/s1. The van der Waals surface area contributed by atoms with Gasteiger partial charge in [0.15, 0.2) is 0 Å². The Bertz CT molecular complexity index is 1290. The second kappa shape index (κ2) is 9.48. The van der Waals surface area contributed by atoms with Gasteiger partial charge in [0.1, 0.15) is 4.33 Å². The molecule has 5 nitrogen and oxygen atoms in total. The van der Waals surface area contributed by atoms with Gasteiger partial charge in [0, 0.05) is 33.0 Å². The normalized spacial score (nSPS) is 18.3. The zero-order valence-electron chi connectivity index (χ0n) is 17.6. The molecule has 2 atom stereocenters. The van der Waals surface area contributed by atoms with Crippen LogP contribution in [0.4, 0.5) is 17.1 Å². The van der Waals surface area contributed by atoms with E-state index in [0.717, 1.165) is 5.56 Å². The molecule has 2 amide bonds. The second-order valence-corrected chi connectivity index (χ2v) is 10.8. The lowest BCUT2D eigenvalue weighted by molar-refractivity contribution is -0.117. The van der Waals surface area contributed by atoms with Crippen LogP contribution < -0.4 is 16.4 Å². The lowest BCUT2D eigenvalue weighted by Crippen LogP contribution is -2.18. The van der Waals surface area contributed by atoms with E-state index in [2.05, 4.69) is 10.6 Å². The van der Waals surface area contributed by atoms with Gasteiger partial charge in [-0.15, -0.1) is 23.2 Å². The highest BCUT2D eigenvalue weighted by Gasteiger charge is 2.67. The molecule has 3 aromatic carbocycles. The van der Waals surface area contributed by atoms with Gasteiger partial charge in [-0.25, -0.2) is 0 Å². The summed E-state index contributed by atoms with van der Waals surface area (Å²) in [6.07, 6.45) is 0. The van der Waals surface area contributed by atoms with Crippen LogP contribution in [0.25, 0.3) is 0 Å². The van der Waals surface area contributed by atoms with E-state index in [1.54, 1.807) is 42.5 Å². The predicted octanol–water partition coefficient (Wildman–Crippen LogP) is 7.32. The maximum atomic E-state index is 13.0. The highest BCUT2D eigenvalue weighted by Crippen LogP contribution is 2.65. The molecule has 1 aliphatic rings. The number of nitrogens with one attached hydrogen (secondary N) is 2. The number of nitrogens with two attached hydrogens (primary N) is 1. The predicted molar refractivity (Wildman–Crippen MR) is 141 cm³/mol. The van der Waals surface area contributed by atoms with Crippen LogP contribution in [-0.2, 0) is 4.79 Å². The maximum Gasteiger partial charge on any atom is 0.257 e. The summed E-state index contributed by atoms with van der Waals surface area (Å²) in [5.74, 6) is -2.10. The number of benzene rings is 3. The summed E-state index contributed by atoms with van der Waals surface area (Å²) >= 11 is 31.2. The van der Waals surface area contributed by atoms with Gasteiger partial charge in [-0.05, 0) is 66.6 Å². The summed E-state index contributed by atoms with van der Waals surface area (Å²) < 4.78 is -1.32. The minimum absolute atomic E-state index is 0.176. The lowest BCUT2D eigenvalue weighted by Gasteiger charge is -2.11. The number of hydrogen-bond acceptors (Lipinski definition) is 3. The van der Waals surface area contributed by atoms with E-state index in [-0.39, 0.29) is 10.6 Å². The van der Waals surface area contributed by atoms with Crippen molar-refractivity contribution in [2.45, 2.75) is 17.2 Å². The summed E-state index contributed by atoms with van der Waals surface area (Å²) in [5.41, 5.74) is 9.08. The quantitative estimate of drug-likeness (QED) is 0.227. The van der Waals surface area contributed by atoms with E-state index in [0.29, 0.717) is 32.7 Å². The van der Waals surface area contributed by atoms with Gasteiger partial charge in [-0.2, -0.15) is 0 Å². The number of anilines is 3. The minimum Gasteiger partial charge on any atom is -0.398 e. The van der Waals surface area contributed by atoms with Crippen LogP contribution in [0.5, 0.6) is 0 Å². The van der Waals surface area contributed by atoms with Crippen molar-refractivity contribution in [2.24, 2.45) is 5.92 Å². The van der Waals surface area contributed by atoms with Crippen molar-refractivity contribution in [3.05, 3.63) is 86.4 Å². The number of rotatable bonds is 5. The highest BCUT2D eigenvalue weighted by molar-refractivity contribution is 6.53. The molecule has 4 rings (SSSR count). The summed E-state index contributed by atoms with van der Waals surface area (Å²) in [6.45, 7) is 1.87. The lowest BCUT2D eigenvalue weighted by atomic mass is 10.1. The second-order valence-electron chi connectivity index (χ2n) is 8.04. The first kappa shape index (κ1) is 25.0. The van der Waals surface area contributed by atoms with Crippen molar-refractivity contribution in [1.82, 2.24) is 0 Å². The van der Waals surface area contributed by atoms with Crippen molar-refractivity contribution >= 4 is 86.9 Å². The molecule has 3 aromatic rings. The minimum atomic E-state index is -1.32. The number of aryl methyl sites for hydroxylation is 1. The van der Waals surface area contributed by atoms with Crippen LogP contribution in [0.3, 0.4) is 0 Å². The highest BCUT2D eigenvalue weighted by atomic mass is 35.5. The van der Waals surface area contributed by atoms with Crippen molar-refractivity contribution in [1.29, 1.82) is 0 Å². The number of carbonyl (C=O) groups is 2. The molecule has 34 heavy (non-hydrogen) atoms. The number of nitrogen functional groups attached to an aromatic ring is 1. The molecule has 1 aliphatic carbocycles. The third-order valence-electron chi connectivity index (χ3n) is 5.60. The Morgan fingerprint density at radius 3 is 2.15 bits per heavy atom. The van der Waals surface area contributed by atoms with E-state index in [1.807, 2.05) is 6.92 Å². The number of hydrogen-bond donors (Lipinski definition) is 3. The number of alkyl halides is 2. The summed E-state index contributed by atoms with van der Waals surface area (Å²) in [7, 11) is 0. The number of amides is 2. The molecule has 1 saturated carbocycles. The summed E-state index contributed by atoms with van der Waals surface area (Å²) in [4.78, 5) is 25.8. The Morgan fingerprint density at radius 1 is 0.882 bits per heavy atom. The smallest absolute Gasteiger partial charge is 0.257 e. The van der Waals surface area contributed by atoms with Crippen LogP contribution in [0.2, 0.25) is 15.1 Å². The third kappa shape index (κ3) is 5.09. The summed E-state index contributed by atoms with van der Waals surface area (Å²) in [6, 6.07) is 14.7. The molecule has 0 spiro atoms. The molecule has 0 aliphatic heterocycles. The third-order valence-corrected chi connectivity index (χ3v) is 7.30. The fourth-order valence-corrected chi connectivity index (χ4v) is 5.31. The monoisotopic (exact) mass is 555 g/mol. The maximum absolute atomic E-state index is 13.0. The first-order valence-electron chi connectivity index (χ1n) is 10.1. The average Bonchev–Trinajstić information content (AvgIpc) is 3.33. The Morgan fingerprint density at radius 2 is 1.50 bits per heavy atom. The van der Waals surface area contributed by atoms with Gasteiger partial charge in [0.25, 0.3) is 5.91 Å². The van der Waals surface area contributed by atoms with Crippen LogP contribution in [0, 0.1) is 12.8 Å². The van der Waals surface area contributed by atoms with Crippen molar-refractivity contribution in [3.8, 4) is 0 Å². The number of carbonyl (C=O) groups excluding carboxylic acids is 2. The Labute approximate surface area is 221 Å². The zero-order chi connectivity index (χ0) is 24.8. The molecule has 0 saturated heterocycles. The fraction of sp³-hybridized carbons (Fsp3) is 0.167. The van der Waals surface area contributed by atoms with Gasteiger partial charge in [-0.3, -0.25) is 9.59 Å². The molecule has 0 heterocycles. The van der Waals surface area contributed by atoms with E-state index in [4.69, 9.17) is 63.7 Å². The van der Waals surface area contributed by atoms with Crippen molar-refractivity contribution in [2.75, 3.05) is 16.4 Å². The van der Waals surface area contributed by atoms with E-state index < -0.39 is 28.0 Å². The van der Waals surface area contributed by atoms with Gasteiger partial charge < -0.3 is 16.4 Å². The van der Waals surface area contributed by atoms with Crippen LogP contribution in [0.15, 0.2) is 54.6 Å². The molecule has 1 fully saturated rings. The largest absolute Gasteiger partial charge is 0.398 e. The van der Waals surface area contributed by atoms with Crippen molar-refractivity contribution in [3.63, 3.8) is 0 Å². The first-order valence-corrected chi connectivity index (χ1v) is 12.0. The topological polar surface area (TPSA) is 84.2 Å². The van der Waals surface area contributed by atoms with Gasteiger partial charge in [0.2, 0.25) is 5.91 Å². The molecule has 0 unspecified atom stereocenters. The van der Waals surface area contributed by atoms with E-state index in [9.17, 15) is 9.59 Å². The molecular weight excluding hydrogens is 540 g/mol. The molecule has 0 bridgehead atoms. The van der Waals surface area contributed by atoms with Crippen LogP contribution in [0.1, 0.15) is 27.4 Å². The molecular formula is C24H18Cl5N3O2. The van der Waals surface area contributed by atoms with E-state index in [1.165, 1.54) is 12.1 Å². The van der Waals surface area contributed by atoms with Crippen LogP contribution >= 0.6 is 58.0 Å². The van der Waals surface area contributed by atoms with Gasteiger partial charge >= 0.3 is 0 Å². The molecule has 0 aromatic heterocycles. The number of halogens is 5. The van der Waals surface area contributed by atoms with E-state index >= 15 is 0 Å². The van der Waals surface area contributed by atoms with Gasteiger partial charge in [-0.1, -0.05) is 40.9 Å². The Kier molecular flexibility index (Phi) is 6.96. The van der Waals surface area contributed by atoms with Gasteiger partial charge in [0.05, 0.1) is 16.5 Å². The summed E-state index contributed by atoms with van der Waals surface area (Å²) in [5, 5.41) is 6.57. The fourth-order valence-electron chi connectivity index (χ4n) is 3.74.